The molecule has 1 aliphatic heterocycles. The Morgan fingerprint density at radius 1 is 1.17 bits per heavy atom. The largest absolute Gasteiger partial charge is 0.310 e. The quantitative estimate of drug-likeness (QED) is 0.741. The Bertz CT molecular complexity index is 756. The van der Waals surface area contributed by atoms with E-state index in [1.165, 1.54) is 0 Å². The second-order valence-corrected chi connectivity index (χ2v) is 10.8. The first-order valence-electron chi connectivity index (χ1n) is 8.07. The van der Waals surface area contributed by atoms with Gasteiger partial charge in [-0.15, -0.1) is 0 Å². The molecule has 0 radical (unpaired) electrons. The molecule has 1 fully saturated rings. The van der Waals surface area contributed by atoms with Gasteiger partial charge in [-0.1, -0.05) is 19.1 Å². The summed E-state index contributed by atoms with van der Waals surface area (Å²) in [6, 6.07) is 6.16. The van der Waals surface area contributed by atoms with Crippen molar-refractivity contribution in [2.75, 3.05) is 38.7 Å². The Balaban J connectivity index is 2.24. The topological polar surface area (TPSA) is 83.5 Å². The fourth-order valence-electron chi connectivity index (χ4n) is 2.87. The van der Waals surface area contributed by atoms with E-state index in [0.29, 0.717) is 13.1 Å². The highest BCUT2D eigenvalue weighted by molar-refractivity contribution is 7.96. The lowest BCUT2D eigenvalue weighted by Gasteiger charge is -2.21. The van der Waals surface area contributed by atoms with E-state index in [0.717, 1.165) is 12.0 Å². The van der Waals surface area contributed by atoms with Crippen LogP contribution in [0, 0.1) is 0 Å². The van der Waals surface area contributed by atoms with E-state index in [9.17, 15) is 16.8 Å². The molecule has 24 heavy (non-hydrogen) atoms. The zero-order valence-corrected chi connectivity index (χ0v) is 16.0. The number of hydrogen-bond donors (Lipinski definition) is 1. The van der Waals surface area contributed by atoms with Crippen molar-refractivity contribution in [2.24, 2.45) is 0 Å². The Morgan fingerprint density at radius 3 is 2.33 bits per heavy atom. The van der Waals surface area contributed by atoms with Gasteiger partial charge in [-0.25, -0.2) is 16.8 Å². The molecule has 1 saturated heterocycles. The minimum Gasteiger partial charge on any atom is -0.310 e. The van der Waals surface area contributed by atoms with Gasteiger partial charge in [0.1, 0.15) is 0 Å². The molecule has 2 atom stereocenters. The average molecular weight is 375 g/mol. The minimum absolute atomic E-state index is 0.128. The van der Waals surface area contributed by atoms with E-state index >= 15 is 0 Å². The molecule has 0 aliphatic carbocycles. The molecule has 0 amide bonds. The third kappa shape index (κ3) is 4.56. The highest BCUT2D eigenvalue weighted by Crippen LogP contribution is 2.26. The number of nitrogens with zero attached hydrogens (tertiary/aromatic N) is 1. The maximum Gasteiger partial charge on any atom is 0.183 e. The summed E-state index contributed by atoms with van der Waals surface area (Å²) >= 11 is 0. The van der Waals surface area contributed by atoms with Crippen LogP contribution in [0.5, 0.6) is 0 Å². The van der Waals surface area contributed by atoms with Gasteiger partial charge in [0, 0.05) is 19.1 Å². The summed E-state index contributed by atoms with van der Waals surface area (Å²) in [7, 11) is -3.22. The SMILES string of the molecule is CCc1ccc(S(=O)(=O)[C@@H]2CS(=O)(=O)C[C@@H]2NCCN(C)C)cc1. The molecule has 0 bridgehead atoms. The van der Waals surface area contributed by atoms with Crippen molar-refractivity contribution in [3.63, 3.8) is 0 Å². The highest BCUT2D eigenvalue weighted by Gasteiger charge is 2.45. The monoisotopic (exact) mass is 374 g/mol. The molecular formula is C16H26N2O4S2. The molecule has 1 N–H and O–H groups in total. The molecule has 8 heteroatoms. The molecule has 0 saturated carbocycles. The van der Waals surface area contributed by atoms with Gasteiger partial charge < -0.3 is 10.2 Å². The summed E-state index contributed by atoms with van der Waals surface area (Å²) in [6.07, 6.45) is 0.826. The molecule has 2 rings (SSSR count). The zero-order chi connectivity index (χ0) is 18.0. The van der Waals surface area contributed by atoms with Gasteiger partial charge in [0.15, 0.2) is 19.7 Å². The first-order valence-corrected chi connectivity index (χ1v) is 11.4. The third-order valence-corrected chi connectivity index (χ3v) is 8.49. The van der Waals surface area contributed by atoms with Crippen LogP contribution in [-0.4, -0.2) is 71.7 Å². The van der Waals surface area contributed by atoms with E-state index < -0.39 is 31.0 Å². The number of hydrogen-bond acceptors (Lipinski definition) is 6. The second kappa shape index (κ2) is 7.51. The van der Waals surface area contributed by atoms with E-state index in [4.69, 9.17) is 0 Å². The summed E-state index contributed by atoms with van der Waals surface area (Å²) in [5.41, 5.74) is 1.05. The summed E-state index contributed by atoms with van der Waals surface area (Å²) < 4.78 is 49.9. The van der Waals surface area contributed by atoms with E-state index in [1.807, 2.05) is 25.9 Å². The molecule has 0 spiro atoms. The molecule has 1 heterocycles. The first-order chi connectivity index (χ1) is 11.2. The van der Waals surface area contributed by atoms with Crippen molar-refractivity contribution in [1.29, 1.82) is 0 Å². The number of benzene rings is 1. The van der Waals surface area contributed by atoms with Crippen molar-refractivity contribution in [1.82, 2.24) is 10.2 Å². The van der Waals surface area contributed by atoms with Gasteiger partial charge in [-0.3, -0.25) is 0 Å². The van der Waals surface area contributed by atoms with Crippen LogP contribution in [0.4, 0.5) is 0 Å². The molecule has 1 aromatic carbocycles. The standard InChI is InChI=1S/C16H26N2O4S2/c1-4-13-5-7-14(8-6-13)24(21,22)16-12-23(19,20)11-15(16)17-9-10-18(2)3/h5-8,15-17H,4,9-12H2,1-3H3/t15-,16+/m0/s1. The van der Waals surface area contributed by atoms with Crippen molar-refractivity contribution < 1.29 is 16.8 Å². The average Bonchev–Trinajstić information content (AvgIpc) is 2.82. The lowest BCUT2D eigenvalue weighted by Crippen LogP contribution is -2.45. The number of rotatable bonds is 7. The lowest BCUT2D eigenvalue weighted by molar-refractivity contribution is 0.388. The Hall–Kier alpha value is -0.960. The van der Waals surface area contributed by atoms with Crippen molar-refractivity contribution in [2.45, 2.75) is 29.5 Å². The molecule has 0 aromatic heterocycles. The Labute approximate surface area is 145 Å². The fourth-order valence-corrected chi connectivity index (χ4v) is 7.59. The van der Waals surface area contributed by atoms with Crippen LogP contribution in [0.15, 0.2) is 29.2 Å². The molecular weight excluding hydrogens is 348 g/mol. The number of nitrogens with one attached hydrogen (secondary N) is 1. The lowest BCUT2D eigenvalue weighted by atomic mass is 10.2. The number of likely N-dealkylation sites (N-methyl/N-ethyl adjacent to an activating group) is 1. The fraction of sp³-hybridized carbons (Fsp3) is 0.625. The molecule has 1 aliphatic rings. The first kappa shape index (κ1) is 19.4. The van der Waals surface area contributed by atoms with E-state index in [-0.39, 0.29) is 16.4 Å². The number of sulfone groups is 2. The summed E-state index contributed by atoms with van der Waals surface area (Å²) in [5, 5.41) is 2.18. The summed E-state index contributed by atoms with van der Waals surface area (Å²) in [6.45, 7) is 3.26. The maximum atomic E-state index is 12.9. The van der Waals surface area contributed by atoms with Gasteiger partial charge in [-0.2, -0.15) is 0 Å². The smallest absolute Gasteiger partial charge is 0.183 e. The van der Waals surface area contributed by atoms with Crippen molar-refractivity contribution in [3.05, 3.63) is 29.8 Å². The second-order valence-electron chi connectivity index (χ2n) is 6.52. The molecule has 1 aromatic rings. The van der Waals surface area contributed by atoms with Gasteiger partial charge in [0.2, 0.25) is 0 Å². The van der Waals surface area contributed by atoms with Gasteiger partial charge in [0.05, 0.1) is 21.7 Å². The molecule has 0 unspecified atom stereocenters. The third-order valence-electron chi connectivity index (χ3n) is 4.32. The van der Waals surface area contributed by atoms with Crippen molar-refractivity contribution in [3.8, 4) is 0 Å². The van der Waals surface area contributed by atoms with Crippen LogP contribution in [0.2, 0.25) is 0 Å². The summed E-state index contributed by atoms with van der Waals surface area (Å²) in [5.74, 6) is -0.443. The molecule has 6 nitrogen and oxygen atoms in total. The Morgan fingerprint density at radius 2 is 1.79 bits per heavy atom. The minimum atomic E-state index is -3.69. The van der Waals surface area contributed by atoms with Crippen LogP contribution in [0.3, 0.4) is 0 Å². The van der Waals surface area contributed by atoms with Gasteiger partial charge in [0.25, 0.3) is 0 Å². The maximum absolute atomic E-state index is 12.9. The van der Waals surface area contributed by atoms with E-state index in [2.05, 4.69) is 5.32 Å². The van der Waals surface area contributed by atoms with E-state index in [1.54, 1.807) is 24.3 Å². The predicted molar refractivity (Wildman–Crippen MR) is 95.8 cm³/mol. The Kier molecular flexibility index (Phi) is 6.06. The van der Waals surface area contributed by atoms with Gasteiger partial charge >= 0.3 is 0 Å². The van der Waals surface area contributed by atoms with Crippen LogP contribution in [-0.2, 0) is 26.1 Å². The van der Waals surface area contributed by atoms with Crippen LogP contribution in [0.1, 0.15) is 12.5 Å². The van der Waals surface area contributed by atoms with Crippen LogP contribution < -0.4 is 5.32 Å². The zero-order valence-electron chi connectivity index (χ0n) is 14.4. The predicted octanol–water partition coefficient (Wildman–Crippen LogP) is 0.340. The van der Waals surface area contributed by atoms with Crippen molar-refractivity contribution >= 4 is 19.7 Å². The van der Waals surface area contributed by atoms with Gasteiger partial charge in [-0.05, 0) is 38.2 Å². The van der Waals surface area contributed by atoms with Crippen LogP contribution >= 0.6 is 0 Å². The normalized spacial score (nSPS) is 23.7. The number of aryl methyl sites for hydroxylation is 1. The highest BCUT2D eigenvalue weighted by atomic mass is 32.2. The molecule has 136 valence electrons. The summed E-state index contributed by atoms with van der Waals surface area (Å²) in [4.78, 5) is 2.16. The van der Waals surface area contributed by atoms with Crippen LogP contribution in [0.25, 0.3) is 0 Å².